The number of nitrogens with zero attached hydrogens (tertiary/aromatic N) is 3. The van der Waals surface area contributed by atoms with E-state index in [1.54, 1.807) is 12.3 Å². The Morgan fingerprint density at radius 3 is 3.06 bits per heavy atom. The summed E-state index contributed by atoms with van der Waals surface area (Å²) in [5, 5.41) is 0. The van der Waals surface area contributed by atoms with Crippen molar-refractivity contribution >= 4 is 11.8 Å². The highest BCUT2D eigenvalue weighted by Gasteiger charge is 2.23. The third kappa shape index (κ3) is 1.56. The van der Waals surface area contributed by atoms with E-state index in [4.69, 9.17) is 5.73 Å². The van der Waals surface area contributed by atoms with Crippen molar-refractivity contribution < 1.29 is 0 Å². The summed E-state index contributed by atoms with van der Waals surface area (Å²) in [6.07, 6.45) is 8.51. The molecule has 2 N–H and O–H groups in total. The number of aromatic nitrogens is 2. The maximum atomic E-state index is 5.67. The molecular formula is C12H14N4. The average Bonchev–Trinajstić information content (AvgIpc) is 2.72. The number of nitrogen functional groups attached to an aromatic ring is 1. The van der Waals surface area contributed by atoms with E-state index in [9.17, 15) is 0 Å². The third-order valence-corrected chi connectivity index (χ3v) is 3.08. The fourth-order valence-corrected chi connectivity index (χ4v) is 2.25. The van der Waals surface area contributed by atoms with Crippen LogP contribution in [0.2, 0.25) is 0 Å². The SMILES string of the molecule is Nc1ccnc(N2CC3=C(CCC=C3)C2)n1. The lowest BCUT2D eigenvalue weighted by molar-refractivity contribution is 0.879. The van der Waals surface area contributed by atoms with Crippen molar-refractivity contribution in [3.63, 3.8) is 0 Å². The number of nitrogens with two attached hydrogens (primary N) is 1. The molecule has 1 aromatic rings. The zero-order valence-corrected chi connectivity index (χ0v) is 9.06. The maximum Gasteiger partial charge on any atom is 0.227 e. The van der Waals surface area contributed by atoms with Crippen molar-refractivity contribution in [3.05, 3.63) is 35.6 Å². The highest BCUT2D eigenvalue weighted by molar-refractivity contribution is 5.49. The van der Waals surface area contributed by atoms with Crippen LogP contribution in [-0.4, -0.2) is 23.1 Å². The third-order valence-electron chi connectivity index (χ3n) is 3.08. The topological polar surface area (TPSA) is 55.0 Å². The van der Waals surface area contributed by atoms with Crippen LogP contribution in [0.3, 0.4) is 0 Å². The zero-order chi connectivity index (χ0) is 11.0. The number of hydrogen-bond donors (Lipinski definition) is 1. The Morgan fingerprint density at radius 2 is 2.25 bits per heavy atom. The van der Waals surface area contributed by atoms with Gasteiger partial charge in [-0.1, -0.05) is 12.2 Å². The summed E-state index contributed by atoms with van der Waals surface area (Å²) >= 11 is 0. The lowest BCUT2D eigenvalue weighted by Crippen LogP contribution is -2.23. The molecule has 2 aliphatic rings. The highest BCUT2D eigenvalue weighted by atomic mass is 15.3. The van der Waals surface area contributed by atoms with Crippen molar-refractivity contribution in [2.45, 2.75) is 12.8 Å². The van der Waals surface area contributed by atoms with E-state index in [1.165, 1.54) is 17.6 Å². The van der Waals surface area contributed by atoms with E-state index in [0.717, 1.165) is 25.5 Å². The zero-order valence-electron chi connectivity index (χ0n) is 9.06. The van der Waals surface area contributed by atoms with Crippen molar-refractivity contribution in [2.24, 2.45) is 0 Å². The van der Waals surface area contributed by atoms with Crippen molar-refractivity contribution in [3.8, 4) is 0 Å². The van der Waals surface area contributed by atoms with E-state index in [1.807, 2.05) is 0 Å². The lowest BCUT2D eigenvalue weighted by atomic mass is 10.0. The maximum absolute atomic E-state index is 5.67. The van der Waals surface area contributed by atoms with Gasteiger partial charge in [0, 0.05) is 19.3 Å². The van der Waals surface area contributed by atoms with Crippen LogP contribution >= 0.6 is 0 Å². The fraction of sp³-hybridized carbons (Fsp3) is 0.333. The molecule has 0 aromatic carbocycles. The van der Waals surface area contributed by atoms with Crippen LogP contribution in [-0.2, 0) is 0 Å². The molecule has 0 bridgehead atoms. The first-order chi connectivity index (χ1) is 7.83. The van der Waals surface area contributed by atoms with Gasteiger partial charge in [-0.3, -0.25) is 0 Å². The van der Waals surface area contributed by atoms with Gasteiger partial charge in [0.2, 0.25) is 5.95 Å². The summed E-state index contributed by atoms with van der Waals surface area (Å²) in [5.41, 5.74) is 8.62. The Balaban J connectivity index is 1.83. The minimum Gasteiger partial charge on any atom is -0.384 e. The van der Waals surface area contributed by atoms with E-state index in [0.29, 0.717) is 5.82 Å². The molecule has 1 aromatic heterocycles. The molecule has 0 spiro atoms. The molecule has 82 valence electrons. The van der Waals surface area contributed by atoms with Gasteiger partial charge in [-0.05, 0) is 30.1 Å². The predicted molar refractivity (Wildman–Crippen MR) is 64.1 cm³/mol. The Morgan fingerprint density at radius 1 is 1.31 bits per heavy atom. The molecule has 0 amide bonds. The normalized spacial score (nSPS) is 19.1. The quantitative estimate of drug-likeness (QED) is 0.770. The second-order valence-corrected chi connectivity index (χ2v) is 4.21. The molecule has 0 saturated carbocycles. The number of rotatable bonds is 1. The van der Waals surface area contributed by atoms with Crippen LogP contribution in [0.1, 0.15) is 12.8 Å². The first-order valence-electron chi connectivity index (χ1n) is 5.54. The summed E-state index contributed by atoms with van der Waals surface area (Å²) in [4.78, 5) is 10.7. The Hall–Kier alpha value is -1.84. The lowest BCUT2D eigenvalue weighted by Gasteiger charge is -2.15. The predicted octanol–water partition coefficient (Wildman–Crippen LogP) is 1.53. The molecule has 1 aliphatic heterocycles. The monoisotopic (exact) mass is 214 g/mol. The molecule has 4 heteroatoms. The molecule has 16 heavy (non-hydrogen) atoms. The largest absolute Gasteiger partial charge is 0.384 e. The summed E-state index contributed by atoms with van der Waals surface area (Å²) in [6, 6.07) is 1.72. The van der Waals surface area contributed by atoms with Crippen LogP contribution in [0, 0.1) is 0 Å². The van der Waals surface area contributed by atoms with Gasteiger partial charge >= 0.3 is 0 Å². The summed E-state index contributed by atoms with van der Waals surface area (Å²) < 4.78 is 0. The summed E-state index contributed by atoms with van der Waals surface area (Å²) in [7, 11) is 0. The molecule has 2 heterocycles. The van der Waals surface area contributed by atoms with Gasteiger partial charge in [-0.25, -0.2) is 4.98 Å². The fourth-order valence-electron chi connectivity index (χ4n) is 2.25. The van der Waals surface area contributed by atoms with Gasteiger partial charge in [0.25, 0.3) is 0 Å². The van der Waals surface area contributed by atoms with Crippen LogP contribution in [0.25, 0.3) is 0 Å². The minimum absolute atomic E-state index is 0.533. The molecule has 3 rings (SSSR count). The highest BCUT2D eigenvalue weighted by Crippen LogP contribution is 2.28. The second kappa shape index (κ2) is 3.63. The molecule has 0 unspecified atom stereocenters. The Kier molecular flexibility index (Phi) is 2.13. The van der Waals surface area contributed by atoms with E-state index < -0.39 is 0 Å². The van der Waals surface area contributed by atoms with Crippen LogP contribution < -0.4 is 10.6 Å². The molecule has 0 fully saturated rings. The van der Waals surface area contributed by atoms with Crippen LogP contribution in [0.4, 0.5) is 11.8 Å². The molecule has 0 saturated heterocycles. The van der Waals surface area contributed by atoms with Crippen molar-refractivity contribution in [1.82, 2.24) is 9.97 Å². The second-order valence-electron chi connectivity index (χ2n) is 4.21. The van der Waals surface area contributed by atoms with E-state index in [-0.39, 0.29) is 0 Å². The van der Waals surface area contributed by atoms with Gasteiger partial charge in [0.15, 0.2) is 0 Å². The van der Waals surface area contributed by atoms with Crippen molar-refractivity contribution in [1.29, 1.82) is 0 Å². The van der Waals surface area contributed by atoms with Crippen molar-refractivity contribution in [2.75, 3.05) is 23.7 Å². The smallest absolute Gasteiger partial charge is 0.227 e. The molecule has 4 nitrogen and oxygen atoms in total. The van der Waals surface area contributed by atoms with Crippen LogP contribution in [0.15, 0.2) is 35.6 Å². The van der Waals surface area contributed by atoms with E-state index >= 15 is 0 Å². The Bertz CT molecular complexity index is 476. The van der Waals surface area contributed by atoms with Gasteiger partial charge < -0.3 is 10.6 Å². The molecule has 0 radical (unpaired) electrons. The molecule has 1 aliphatic carbocycles. The van der Waals surface area contributed by atoms with E-state index in [2.05, 4.69) is 27.0 Å². The number of anilines is 2. The van der Waals surface area contributed by atoms with Crippen LogP contribution in [0.5, 0.6) is 0 Å². The number of allylic oxidation sites excluding steroid dienone is 1. The molecule has 0 atom stereocenters. The standard InChI is InChI=1S/C12H14N4/c13-11-5-6-14-12(15-11)16-7-9-3-1-2-4-10(9)8-16/h1,3,5-6H,2,4,7-8H2,(H2,13,14,15). The first-order valence-corrected chi connectivity index (χ1v) is 5.54. The average molecular weight is 214 g/mol. The van der Waals surface area contributed by atoms with Gasteiger partial charge in [0.05, 0.1) is 0 Å². The van der Waals surface area contributed by atoms with Gasteiger partial charge in [-0.2, -0.15) is 4.98 Å². The minimum atomic E-state index is 0.533. The van der Waals surface area contributed by atoms with Gasteiger partial charge in [0.1, 0.15) is 5.82 Å². The Labute approximate surface area is 94.5 Å². The first kappa shape index (κ1) is 9.39. The summed E-state index contributed by atoms with van der Waals surface area (Å²) in [5.74, 6) is 1.27. The summed E-state index contributed by atoms with van der Waals surface area (Å²) in [6.45, 7) is 1.86. The van der Waals surface area contributed by atoms with Gasteiger partial charge in [-0.15, -0.1) is 0 Å². The number of hydrogen-bond acceptors (Lipinski definition) is 4. The molecular weight excluding hydrogens is 200 g/mol.